The predicted octanol–water partition coefficient (Wildman–Crippen LogP) is 2.54. The van der Waals surface area contributed by atoms with Crippen molar-refractivity contribution >= 4 is 35.4 Å². The van der Waals surface area contributed by atoms with E-state index in [4.69, 9.17) is 11.6 Å². The molecule has 0 saturated carbocycles. The number of rotatable bonds is 2. The fourth-order valence-corrected chi connectivity index (χ4v) is 3.03. The summed E-state index contributed by atoms with van der Waals surface area (Å²) in [6, 6.07) is 17.0. The zero-order valence-corrected chi connectivity index (χ0v) is 16.0. The molecule has 146 valence electrons. The summed E-state index contributed by atoms with van der Waals surface area (Å²) in [5, 5.41) is 12.4. The van der Waals surface area contributed by atoms with Crippen molar-refractivity contribution < 1.29 is 9.59 Å². The lowest BCUT2D eigenvalue weighted by Crippen LogP contribution is -2.35. The van der Waals surface area contributed by atoms with Gasteiger partial charge in [0, 0.05) is 10.6 Å². The summed E-state index contributed by atoms with van der Waals surface area (Å²) in [5.41, 5.74) is 2.17. The Labute approximate surface area is 175 Å². The van der Waals surface area contributed by atoms with Gasteiger partial charge in [0.25, 0.3) is 17.4 Å². The molecule has 2 heterocycles. The summed E-state index contributed by atoms with van der Waals surface area (Å²) in [7, 11) is 0. The second-order valence-electron chi connectivity index (χ2n) is 6.28. The monoisotopic (exact) mass is 417 g/mol. The molecule has 0 radical (unpaired) electrons. The maximum absolute atomic E-state index is 12.9. The number of halogens is 1. The van der Waals surface area contributed by atoms with Crippen LogP contribution in [0, 0.1) is 11.3 Å². The molecule has 0 bridgehead atoms. The van der Waals surface area contributed by atoms with Crippen LogP contribution < -0.4 is 16.3 Å². The van der Waals surface area contributed by atoms with E-state index in [1.54, 1.807) is 54.6 Å². The number of benzene rings is 2. The Kier molecular flexibility index (Phi) is 4.88. The minimum Gasteiger partial charge on any atom is -0.290 e. The van der Waals surface area contributed by atoms with Crippen molar-refractivity contribution in [3.63, 3.8) is 0 Å². The molecule has 1 aliphatic rings. The smallest absolute Gasteiger partial charge is 0.290 e. The lowest BCUT2D eigenvalue weighted by atomic mass is 10.1. The number of carbonyl (C=O) groups is 2. The zero-order chi connectivity index (χ0) is 21.3. The third-order valence-corrected chi connectivity index (χ3v) is 4.60. The maximum atomic E-state index is 12.9. The molecule has 0 saturated heterocycles. The topological polar surface area (TPSA) is 117 Å². The molecular weight excluding hydrogens is 406 g/mol. The van der Waals surface area contributed by atoms with Crippen LogP contribution in [0.3, 0.4) is 0 Å². The van der Waals surface area contributed by atoms with E-state index >= 15 is 0 Å². The van der Waals surface area contributed by atoms with Gasteiger partial charge < -0.3 is 0 Å². The molecule has 0 fully saturated rings. The average molecular weight is 418 g/mol. The number of hydrogen-bond acceptors (Lipinski definition) is 5. The van der Waals surface area contributed by atoms with Gasteiger partial charge in [0.1, 0.15) is 17.2 Å². The fraction of sp³-hybridized carbons (Fsp3) is 0. The van der Waals surface area contributed by atoms with Gasteiger partial charge in [0.15, 0.2) is 0 Å². The van der Waals surface area contributed by atoms with Crippen molar-refractivity contribution in [1.29, 1.82) is 5.26 Å². The summed E-state index contributed by atoms with van der Waals surface area (Å²) in [6.45, 7) is 0. The molecule has 3 aromatic rings. The van der Waals surface area contributed by atoms with Crippen molar-refractivity contribution in [3.05, 3.63) is 86.7 Å². The average Bonchev–Trinajstić information content (AvgIpc) is 2.86. The summed E-state index contributed by atoms with van der Waals surface area (Å²) in [5.74, 6) is -1.75. The van der Waals surface area contributed by atoms with Crippen LogP contribution in [0.4, 0.5) is 5.95 Å². The van der Waals surface area contributed by atoms with E-state index in [0.717, 1.165) is 4.68 Å². The molecule has 4 rings (SSSR count). The Balaban J connectivity index is 1.85. The second-order valence-corrected chi connectivity index (χ2v) is 6.72. The molecule has 0 atom stereocenters. The number of hydrogen-bond donors (Lipinski definition) is 2. The van der Waals surface area contributed by atoms with Gasteiger partial charge in [0.05, 0.1) is 5.69 Å². The van der Waals surface area contributed by atoms with E-state index in [-0.39, 0.29) is 22.8 Å². The second kappa shape index (κ2) is 7.66. The van der Waals surface area contributed by atoms with Crippen molar-refractivity contribution in [3.8, 4) is 17.3 Å². The molecule has 2 amide bonds. The molecular formula is C21H12ClN5O3. The van der Waals surface area contributed by atoms with Crippen LogP contribution in [0.2, 0.25) is 5.02 Å². The first-order valence-electron chi connectivity index (χ1n) is 8.70. The first kappa shape index (κ1) is 19.1. The highest BCUT2D eigenvalue weighted by Gasteiger charge is 2.28. The van der Waals surface area contributed by atoms with E-state index < -0.39 is 17.4 Å². The third-order valence-electron chi connectivity index (χ3n) is 4.35. The molecule has 30 heavy (non-hydrogen) atoms. The van der Waals surface area contributed by atoms with Crippen molar-refractivity contribution in [2.75, 3.05) is 10.7 Å². The molecule has 0 aliphatic carbocycles. The highest BCUT2D eigenvalue weighted by molar-refractivity contribution is 6.30. The summed E-state index contributed by atoms with van der Waals surface area (Å²) in [6.07, 6.45) is 1.40. The van der Waals surface area contributed by atoms with Gasteiger partial charge in [-0.05, 0) is 23.8 Å². The van der Waals surface area contributed by atoms with E-state index in [1.165, 1.54) is 6.08 Å². The van der Waals surface area contributed by atoms with Crippen LogP contribution >= 0.6 is 11.6 Å². The highest BCUT2D eigenvalue weighted by atomic mass is 35.5. The lowest BCUT2D eigenvalue weighted by molar-refractivity contribution is -0.118. The van der Waals surface area contributed by atoms with E-state index in [2.05, 4.69) is 15.7 Å². The summed E-state index contributed by atoms with van der Waals surface area (Å²) < 4.78 is 0.754. The number of anilines is 1. The van der Waals surface area contributed by atoms with Gasteiger partial charge in [-0.1, -0.05) is 54.1 Å². The SMILES string of the molecule is N#Cc1c(-c2ccc(Cl)cc2)nc2n(c1=O)NC(=O)C(=Cc1ccccc1)C(=O)N2. The normalized spacial score (nSPS) is 14.3. The summed E-state index contributed by atoms with van der Waals surface area (Å²) >= 11 is 5.90. The van der Waals surface area contributed by atoms with Crippen molar-refractivity contribution in [1.82, 2.24) is 9.66 Å². The number of amides is 2. The van der Waals surface area contributed by atoms with E-state index in [1.807, 2.05) is 6.07 Å². The first-order chi connectivity index (χ1) is 14.5. The lowest BCUT2D eigenvalue weighted by Gasteiger charge is -2.12. The summed E-state index contributed by atoms with van der Waals surface area (Å²) in [4.78, 5) is 42.4. The van der Waals surface area contributed by atoms with Crippen LogP contribution in [0.1, 0.15) is 11.1 Å². The van der Waals surface area contributed by atoms with Crippen molar-refractivity contribution in [2.45, 2.75) is 0 Å². The molecule has 2 N–H and O–H groups in total. The molecule has 1 aromatic heterocycles. The molecule has 8 nitrogen and oxygen atoms in total. The van der Waals surface area contributed by atoms with Crippen molar-refractivity contribution in [2.24, 2.45) is 0 Å². The number of nitriles is 1. The Hall–Kier alpha value is -4.22. The van der Waals surface area contributed by atoms with Crippen LogP contribution in [0.15, 0.2) is 65.0 Å². The molecule has 0 spiro atoms. The number of nitrogens with one attached hydrogen (secondary N) is 2. The Bertz CT molecular complexity index is 1310. The van der Waals surface area contributed by atoms with Crippen LogP contribution in [0.25, 0.3) is 17.3 Å². The first-order valence-corrected chi connectivity index (χ1v) is 9.08. The van der Waals surface area contributed by atoms with Gasteiger partial charge in [-0.2, -0.15) is 9.94 Å². The molecule has 9 heteroatoms. The van der Waals surface area contributed by atoms with Gasteiger partial charge in [-0.15, -0.1) is 0 Å². The zero-order valence-electron chi connectivity index (χ0n) is 15.2. The number of nitrogens with zero attached hydrogens (tertiary/aromatic N) is 3. The van der Waals surface area contributed by atoms with Gasteiger partial charge in [0.2, 0.25) is 5.95 Å². The maximum Gasteiger partial charge on any atom is 0.292 e. The standard InChI is InChI=1S/C21H12ClN5O3/c22-14-8-6-13(7-9-14)17-16(11-23)20(30)27-21(24-17)25-18(28)15(19(29)26-27)10-12-4-2-1-3-5-12/h1-10H,(H,26,29)(H,24,25,28). The Morgan fingerprint density at radius 3 is 2.37 bits per heavy atom. The Morgan fingerprint density at radius 2 is 1.70 bits per heavy atom. The van der Waals surface area contributed by atoms with Crippen LogP contribution in [-0.4, -0.2) is 21.5 Å². The van der Waals surface area contributed by atoms with Gasteiger partial charge in [-0.25, -0.2) is 4.98 Å². The van der Waals surface area contributed by atoms with E-state index in [9.17, 15) is 19.6 Å². The van der Waals surface area contributed by atoms with Gasteiger partial charge >= 0.3 is 0 Å². The van der Waals surface area contributed by atoms with Crippen LogP contribution in [0.5, 0.6) is 0 Å². The minimum absolute atomic E-state index is 0.0652. The quantitative estimate of drug-likeness (QED) is 0.491. The fourth-order valence-electron chi connectivity index (χ4n) is 2.91. The highest BCUT2D eigenvalue weighted by Crippen LogP contribution is 2.24. The van der Waals surface area contributed by atoms with Crippen LogP contribution in [-0.2, 0) is 9.59 Å². The molecule has 1 aliphatic heterocycles. The van der Waals surface area contributed by atoms with E-state index in [0.29, 0.717) is 16.1 Å². The van der Waals surface area contributed by atoms with Gasteiger partial charge in [-0.3, -0.25) is 25.1 Å². The minimum atomic E-state index is -0.818. The predicted molar refractivity (Wildman–Crippen MR) is 111 cm³/mol. The molecule has 2 aromatic carbocycles. The number of fused-ring (bicyclic) bond motifs is 1. The largest absolute Gasteiger partial charge is 0.292 e. The molecule has 0 unspecified atom stereocenters. The third kappa shape index (κ3) is 3.45. The number of carbonyl (C=O) groups excluding carboxylic acids is 2. The Morgan fingerprint density at radius 1 is 1.00 bits per heavy atom. The number of aromatic nitrogens is 2.